The molecule has 0 saturated heterocycles. The van der Waals surface area contributed by atoms with Crippen LogP contribution >= 0.6 is 0 Å². The van der Waals surface area contributed by atoms with Crippen LogP contribution in [0.2, 0.25) is 0 Å². The summed E-state index contributed by atoms with van der Waals surface area (Å²) < 4.78 is 12.7. The molecule has 0 spiro atoms. The zero-order valence-electron chi connectivity index (χ0n) is 20.3. The molecule has 3 heterocycles. The molecule has 0 unspecified atom stereocenters. The Morgan fingerprint density at radius 2 is 1.81 bits per heavy atom. The number of aryl methyl sites for hydroxylation is 1. The van der Waals surface area contributed by atoms with Crippen molar-refractivity contribution in [2.75, 3.05) is 7.11 Å². The van der Waals surface area contributed by atoms with Gasteiger partial charge in [0.25, 0.3) is 0 Å². The van der Waals surface area contributed by atoms with Crippen molar-refractivity contribution in [3.63, 3.8) is 0 Å². The summed E-state index contributed by atoms with van der Waals surface area (Å²) in [6.07, 6.45) is 11.8. The van der Waals surface area contributed by atoms with Gasteiger partial charge in [0, 0.05) is 37.0 Å². The highest BCUT2D eigenvalue weighted by Crippen LogP contribution is 2.49. The van der Waals surface area contributed by atoms with Gasteiger partial charge in [-0.3, -0.25) is 19.4 Å². The van der Waals surface area contributed by atoms with E-state index in [-0.39, 0.29) is 12.1 Å². The van der Waals surface area contributed by atoms with Gasteiger partial charge < -0.3 is 9.47 Å². The first-order valence-electron chi connectivity index (χ1n) is 12.2. The van der Waals surface area contributed by atoms with E-state index in [1.807, 2.05) is 54.5 Å². The molecular formula is C28H27N5O3. The fraction of sp³-hybridized carbons (Fsp3) is 0.321. The Morgan fingerprint density at radius 3 is 2.47 bits per heavy atom. The van der Waals surface area contributed by atoms with E-state index in [0.717, 1.165) is 65.0 Å². The fourth-order valence-corrected chi connectivity index (χ4v) is 4.58. The van der Waals surface area contributed by atoms with Gasteiger partial charge in [-0.2, -0.15) is 5.10 Å². The predicted octanol–water partition coefficient (Wildman–Crippen LogP) is 4.28. The second-order valence-corrected chi connectivity index (χ2v) is 9.55. The first kappa shape index (κ1) is 22.4. The van der Waals surface area contributed by atoms with Crippen LogP contribution in [-0.4, -0.2) is 43.9 Å². The third-order valence-corrected chi connectivity index (χ3v) is 7.02. The molecule has 36 heavy (non-hydrogen) atoms. The second-order valence-electron chi connectivity index (χ2n) is 9.55. The van der Waals surface area contributed by atoms with Gasteiger partial charge in [0.1, 0.15) is 6.10 Å². The van der Waals surface area contributed by atoms with Gasteiger partial charge in [0.2, 0.25) is 5.88 Å². The third kappa shape index (κ3) is 4.23. The molecule has 2 saturated carbocycles. The first-order valence-corrected chi connectivity index (χ1v) is 12.2. The lowest BCUT2D eigenvalue weighted by molar-refractivity contribution is -0.143. The number of carbonyl (C=O) groups is 1. The molecule has 8 heteroatoms. The Bertz CT molecular complexity index is 1400. The minimum absolute atomic E-state index is 0.151. The Kier molecular flexibility index (Phi) is 5.51. The van der Waals surface area contributed by atoms with Crippen LogP contribution in [0.15, 0.2) is 61.2 Å². The SMILES string of the molecule is COC(=O)C1(c2ccc(-c3ccc(-c4cnn(C)c4Cc4cncc(OC5CC5)n4)nc3)cc2)CC1. The van der Waals surface area contributed by atoms with Crippen molar-refractivity contribution in [3.05, 3.63) is 78.1 Å². The molecule has 0 bridgehead atoms. The molecule has 0 aliphatic heterocycles. The molecule has 0 N–H and O–H groups in total. The Morgan fingerprint density at radius 1 is 1.03 bits per heavy atom. The molecule has 1 aromatic carbocycles. The van der Waals surface area contributed by atoms with Crippen molar-refractivity contribution >= 4 is 5.97 Å². The van der Waals surface area contributed by atoms with Crippen LogP contribution in [0.25, 0.3) is 22.4 Å². The second kappa shape index (κ2) is 8.86. The summed E-state index contributed by atoms with van der Waals surface area (Å²) in [5.41, 5.74) is 6.26. The summed E-state index contributed by atoms with van der Waals surface area (Å²) in [7, 11) is 3.37. The zero-order valence-corrected chi connectivity index (χ0v) is 20.3. The monoisotopic (exact) mass is 481 g/mol. The number of rotatable bonds is 8. The largest absolute Gasteiger partial charge is 0.473 e. The van der Waals surface area contributed by atoms with Crippen LogP contribution in [-0.2, 0) is 28.4 Å². The molecule has 2 aliphatic rings. The molecule has 0 amide bonds. The molecule has 2 aliphatic carbocycles. The minimum Gasteiger partial charge on any atom is -0.473 e. The van der Waals surface area contributed by atoms with E-state index in [4.69, 9.17) is 14.5 Å². The number of hydrogen-bond acceptors (Lipinski definition) is 7. The highest BCUT2D eigenvalue weighted by Gasteiger charge is 2.52. The van der Waals surface area contributed by atoms with Crippen LogP contribution < -0.4 is 4.74 Å². The van der Waals surface area contributed by atoms with E-state index in [0.29, 0.717) is 12.3 Å². The fourth-order valence-electron chi connectivity index (χ4n) is 4.58. The number of pyridine rings is 1. The van der Waals surface area contributed by atoms with Crippen molar-refractivity contribution in [2.45, 2.75) is 43.6 Å². The van der Waals surface area contributed by atoms with Gasteiger partial charge in [0.15, 0.2) is 0 Å². The number of ether oxygens (including phenoxy) is 2. The highest BCUT2D eigenvalue weighted by atomic mass is 16.5. The summed E-state index contributed by atoms with van der Waals surface area (Å²) >= 11 is 0. The normalized spacial score (nSPS) is 15.9. The molecule has 6 rings (SSSR count). The molecule has 2 fully saturated rings. The summed E-state index contributed by atoms with van der Waals surface area (Å²) in [4.78, 5) is 25.9. The van der Waals surface area contributed by atoms with E-state index in [1.54, 1.807) is 12.4 Å². The van der Waals surface area contributed by atoms with Crippen LogP contribution in [0.5, 0.6) is 5.88 Å². The summed E-state index contributed by atoms with van der Waals surface area (Å²) in [5.74, 6) is 0.424. The van der Waals surface area contributed by atoms with Gasteiger partial charge in [-0.1, -0.05) is 30.3 Å². The zero-order chi connectivity index (χ0) is 24.7. The third-order valence-electron chi connectivity index (χ3n) is 7.02. The van der Waals surface area contributed by atoms with Crippen LogP contribution in [0.3, 0.4) is 0 Å². The number of nitrogens with zero attached hydrogens (tertiary/aromatic N) is 5. The first-order chi connectivity index (χ1) is 17.6. The van der Waals surface area contributed by atoms with E-state index in [1.165, 1.54) is 7.11 Å². The van der Waals surface area contributed by atoms with Crippen LogP contribution in [0, 0.1) is 0 Å². The van der Waals surface area contributed by atoms with Crippen molar-refractivity contribution in [3.8, 4) is 28.3 Å². The molecule has 0 radical (unpaired) electrons. The highest BCUT2D eigenvalue weighted by molar-refractivity contribution is 5.86. The lowest BCUT2D eigenvalue weighted by Gasteiger charge is -2.13. The van der Waals surface area contributed by atoms with E-state index < -0.39 is 5.41 Å². The van der Waals surface area contributed by atoms with Gasteiger partial charge >= 0.3 is 5.97 Å². The van der Waals surface area contributed by atoms with Gasteiger partial charge in [-0.25, -0.2) is 4.98 Å². The molecule has 0 atom stereocenters. The summed E-state index contributed by atoms with van der Waals surface area (Å²) in [5, 5.41) is 4.47. The number of benzene rings is 1. The predicted molar refractivity (Wildman–Crippen MR) is 133 cm³/mol. The van der Waals surface area contributed by atoms with Crippen LogP contribution in [0.1, 0.15) is 42.6 Å². The molecule has 3 aromatic heterocycles. The average molecular weight is 482 g/mol. The van der Waals surface area contributed by atoms with Gasteiger partial charge in [-0.15, -0.1) is 0 Å². The molecule has 4 aromatic rings. The van der Waals surface area contributed by atoms with Gasteiger partial charge in [0.05, 0.1) is 42.0 Å². The Labute approximate surface area is 209 Å². The van der Waals surface area contributed by atoms with Crippen LogP contribution in [0.4, 0.5) is 0 Å². The quantitative estimate of drug-likeness (QED) is 0.347. The minimum atomic E-state index is -0.458. The smallest absolute Gasteiger partial charge is 0.316 e. The topological polar surface area (TPSA) is 92.0 Å². The average Bonchev–Trinajstić information content (AvgIpc) is 3.85. The van der Waals surface area contributed by atoms with E-state index in [2.05, 4.69) is 21.1 Å². The maximum atomic E-state index is 12.2. The van der Waals surface area contributed by atoms with E-state index >= 15 is 0 Å². The summed E-state index contributed by atoms with van der Waals surface area (Å²) in [6, 6.07) is 12.2. The lowest BCUT2D eigenvalue weighted by atomic mass is 9.94. The summed E-state index contributed by atoms with van der Waals surface area (Å²) in [6.45, 7) is 0. The van der Waals surface area contributed by atoms with Crippen molar-refractivity contribution < 1.29 is 14.3 Å². The maximum Gasteiger partial charge on any atom is 0.316 e. The van der Waals surface area contributed by atoms with E-state index in [9.17, 15) is 4.79 Å². The maximum absolute atomic E-state index is 12.2. The van der Waals surface area contributed by atoms with Crippen molar-refractivity contribution in [1.29, 1.82) is 0 Å². The molecule has 8 nitrogen and oxygen atoms in total. The number of carbonyl (C=O) groups excluding carboxylic acids is 1. The van der Waals surface area contributed by atoms with Gasteiger partial charge in [-0.05, 0) is 42.9 Å². The number of esters is 1. The number of hydrogen-bond donors (Lipinski definition) is 0. The molecule has 182 valence electrons. The Balaban J connectivity index is 1.21. The lowest BCUT2D eigenvalue weighted by Crippen LogP contribution is -2.21. The number of aromatic nitrogens is 5. The number of methoxy groups -OCH3 is 1. The van der Waals surface area contributed by atoms with Crippen molar-refractivity contribution in [1.82, 2.24) is 24.7 Å². The molecular weight excluding hydrogens is 454 g/mol. The standard InChI is InChI=1S/C28H27N5O3/c1-33-25(13-21-15-29-17-26(32-21)36-22-8-9-22)23(16-31-33)24-10-5-19(14-30-24)18-3-6-20(7-4-18)28(11-12-28)27(34)35-2/h3-7,10,14-17,22H,8-9,11-13H2,1-2H3. The Hall–Kier alpha value is -4.07. The van der Waals surface area contributed by atoms with Crippen molar-refractivity contribution in [2.24, 2.45) is 7.05 Å².